The Balaban J connectivity index is 1.76. The molecule has 5 heteroatoms. The molecule has 0 atom stereocenters. The second kappa shape index (κ2) is 5.29. The van der Waals surface area contributed by atoms with Gasteiger partial charge in [-0.15, -0.1) is 11.3 Å². The van der Waals surface area contributed by atoms with Crippen LogP contribution in [0.2, 0.25) is 5.02 Å². The number of hydrogen-bond donors (Lipinski definition) is 1. The summed E-state index contributed by atoms with van der Waals surface area (Å²) in [6.07, 6.45) is 2.61. The number of rotatable bonds is 4. The van der Waals surface area contributed by atoms with Gasteiger partial charge in [0.1, 0.15) is 5.01 Å². The Morgan fingerprint density at radius 3 is 3.00 bits per heavy atom. The number of nitrogens with one attached hydrogen (secondary N) is 1. The van der Waals surface area contributed by atoms with Crippen LogP contribution in [-0.4, -0.2) is 11.0 Å². The van der Waals surface area contributed by atoms with Gasteiger partial charge in [-0.2, -0.15) is 0 Å². The molecule has 1 fully saturated rings. The van der Waals surface area contributed by atoms with E-state index in [0.29, 0.717) is 0 Å². The Labute approximate surface area is 124 Å². The molecule has 0 unspecified atom stereocenters. The first-order chi connectivity index (χ1) is 8.72. The Morgan fingerprint density at radius 1 is 1.44 bits per heavy atom. The van der Waals surface area contributed by atoms with Gasteiger partial charge in [0, 0.05) is 28.0 Å². The molecule has 1 aliphatic carbocycles. The smallest absolute Gasteiger partial charge is 0.123 e. The molecule has 0 saturated heterocycles. The number of benzene rings is 1. The van der Waals surface area contributed by atoms with Crippen molar-refractivity contribution in [3.63, 3.8) is 0 Å². The van der Waals surface area contributed by atoms with E-state index in [1.807, 2.05) is 18.2 Å². The van der Waals surface area contributed by atoms with Gasteiger partial charge < -0.3 is 5.32 Å². The van der Waals surface area contributed by atoms with Gasteiger partial charge in [0.15, 0.2) is 0 Å². The number of aromatic nitrogens is 1. The number of nitrogens with zero attached hydrogens (tertiary/aromatic N) is 1. The van der Waals surface area contributed by atoms with E-state index in [0.717, 1.165) is 38.3 Å². The van der Waals surface area contributed by atoms with Crippen LogP contribution in [0.5, 0.6) is 0 Å². The molecule has 1 saturated carbocycles. The Bertz CT molecular complexity index is 566. The predicted molar refractivity (Wildman–Crippen MR) is 80.1 cm³/mol. The predicted octanol–water partition coefficient (Wildman–Crippen LogP) is 4.48. The lowest BCUT2D eigenvalue weighted by Gasteiger charge is -2.00. The lowest BCUT2D eigenvalue weighted by Crippen LogP contribution is -2.15. The van der Waals surface area contributed by atoms with Crippen LogP contribution in [0.1, 0.15) is 18.5 Å². The van der Waals surface area contributed by atoms with Gasteiger partial charge in [-0.3, -0.25) is 0 Å². The maximum atomic E-state index is 6.10. The fourth-order valence-corrected chi connectivity index (χ4v) is 2.93. The summed E-state index contributed by atoms with van der Waals surface area (Å²) in [6, 6.07) is 6.66. The van der Waals surface area contributed by atoms with Crippen LogP contribution in [-0.2, 0) is 6.54 Å². The molecule has 2 aromatic rings. The minimum Gasteiger partial charge on any atom is -0.308 e. The molecule has 94 valence electrons. The molecule has 1 aromatic carbocycles. The topological polar surface area (TPSA) is 24.9 Å². The third-order valence-electron chi connectivity index (χ3n) is 2.87. The van der Waals surface area contributed by atoms with Crippen LogP contribution >= 0.6 is 38.9 Å². The highest BCUT2D eigenvalue weighted by Gasteiger charge is 2.20. The third-order valence-corrected chi connectivity index (χ3v) is 5.04. The average Bonchev–Trinajstić information content (AvgIpc) is 3.08. The van der Waals surface area contributed by atoms with E-state index in [4.69, 9.17) is 11.6 Å². The minimum atomic E-state index is 0.720. The van der Waals surface area contributed by atoms with Gasteiger partial charge in [0.05, 0.1) is 10.7 Å². The van der Waals surface area contributed by atoms with Crippen molar-refractivity contribution in [3.8, 4) is 10.6 Å². The molecule has 1 aliphatic rings. The summed E-state index contributed by atoms with van der Waals surface area (Å²) in [5.74, 6) is 0. The summed E-state index contributed by atoms with van der Waals surface area (Å²) in [4.78, 5) is 4.63. The molecule has 2 nitrogen and oxygen atoms in total. The second-order valence-electron chi connectivity index (χ2n) is 4.43. The Kier molecular flexibility index (Phi) is 3.71. The molecule has 1 heterocycles. The van der Waals surface area contributed by atoms with E-state index in [2.05, 4.69) is 31.6 Å². The van der Waals surface area contributed by atoms with Crippen LogP contribution < -0.4 is 5.32 Å². The fraction of sp³-hybridized carbons (Fsp3) is 0.308. The Hall–Kier alpha value is -0.420. The van der Waals surface area contributed by atoms with Gasteiger partial charge >= 0.3 is 0 Å². The summed E-state index contributed by atoms with van der Waals surface area (Å²) in [6.45, 7) is 0.866. The number of hydrogen-bond acceptors (Lipinski definition) is 3. The molecule has 1 aromatic heterocycles. The minimum absolute atomic E-state index is 0.720. The Morgan fingerprint density at radius 2 is 2.28 bits per heavy atom. The normalized spacial score (nSPS) is 15.0. The van der Waals surface area contributed by atoms with Crippen molar-refractivity contribution < 1.29 is 0 Å². The van der Waals surface area contributed by atoms with E-state index in [-0.39, 0.29) is 0 Å². The van der Waals surface area contributed by atoms with Crippen molar-refractivity contribution in [1.82, 2.24) is 10.3 Å². The summed E-state index contributed by atoms with van der Waals surface area (Å²) >= 11 is 11.2. The van der Waals surface area contributed by atoms with Crippen molar-refractivity contribution in [3.05, 3.63) is 38.8 Å². The van der Waals surface area contributed by atoms with Crippen LogP contribution in [0.25, 0.3) is 10.6 Å². The van der Waals surface area contributed by atoms with E-state index >= 15 is 0 Å². The maximum absolute atomic E-state index is 6.10. The third kappa shape index (κ3) is 2.94. The lowest BCUT2D eigenvalue weighted by molar-refractivity contribution is 0.678. The molecule has 0 radical (unpaired) electrons. The first kappa shape index (κ1) is 12.6. The van der Waals surface area contributed by atoms with Crippen molar-refractivity contribution in [2.75, 3.05) is 0 Å². The maximum Gasteiger partial charge on any atom is 0.123 e. The zero-order chi connectivity index (χ0) is 12.5. The zero-order valence-corrected chi connectivity index (χ0v) is 12.8. The molecular formula is C13H12BrClN2S. The second-order valence-corrected chi connectivity index (χ2v) is 6.55. The van der Waals surface area contributed by atoms with E-state index in [9.17, 15) is 0 Å². The molecule has 0 aliphatic heterocycles. The van der Waals surface area contributed by atoms with E-state index < -0.39 is 0 Å². The largest absolute Gasteiger partial charge is 0.308 e. The molecule has 18 heavy (non-hydrogen) atoms. The van der Waals surface area contributed by atoms with Crippen LogP contribution in [0.3, 0.4) is 0 Å². The summed E-state index contributed by atoms with van der Waals surface area (Å²) < 4.78 is 0.917. The van der Waals surface area contributed by atoms with Crippen LogP contribution in [0.15, 0.2) is 28.1 Å². The SMILES string of the molecule is Clc1cc(-c2nc(CNC3CC3)cs2)ccc1Br. The monoisotopic (exact) mass is 342 g/mol. The summed E-state index contributed by atoms with van der Waals surface area (Å²) in [5, 5.41) is 7.33. The highest BCUT2D eigenvalue weighted by atomic mass is 79.9. The fourth-order valence-electron chi connectivity index (χ4n) is 1.69. The van der Waals surface area contributed by atoms with Crippen molar-refractivity contribution in [2.24, 2.45) is 0 Å². The average molecular weight is 344 g/mol. The zero-order valence-electron chi connectivity index (χ0n) is 9.62. The van der Waals surface area contributed by atoms with Crippen LogP contribution in [0, 0.1) is 0 Å². The first-order valence-electron chi connectivity index (χ1n) is 5.85. The van der Waals surface area contributed by atoms with Gasteiger partial charge in [0.2, 0.25) is 0 Å². The first-order valence-corrected chi connectivity index (χ1v) is 7.90. The van der Waals surface area contributed by atoms with Crippen molar-refractivity contribution in [2.45, 2.75) is 25.4 Å². The highest BCUT2D eigenvalue weighted by Crippen LogP contribution is 2.30. The van der Waals surface area contributed by atoms with E-state index in [1.165, 1.54) is 12.8 Å². The van der Waals surface area contributed by atoms with Gasteiger partial charge in [-0.05, 0) is 40.9 Å². The van der Waals surface area contributed by atoms with Crippen molar-refractivity contribution in [1.29, 1.82) is 0 Å². The molecule has 1 N–H and O–H groups in total. The molecule has 0 bridgehead atoms. The van der Waals surface area contributed by atoms with E-state index in [1.54, 1.807) is 11.3 Å². The molecule has 0 spiro atoms. The van der Waals surface area contributed by atoms with Gasteiger partial charge in [-0.1, -0.05) is 17.7 Å². The molecule has 0 amide bonds. The summed E-state index contributed by atoms with van der Waals surface area (Å²) in [5.41, 5.74) is 2.19. The van der Waals surface area contributed by atoms with Gasteiger partial charge in [0.25, 0.3) is 0 Å². The lowest BCUT2D eigenvalue weighted by atomic mass is 10.2. The number of thiazole rings is 1. The standard InChI is InChI=1S/C13H12BrClN2S/c14-11-4-1-8(5-12(11)15)13-17-10(7-18-13)6-16-9-2-3-9/h1,4-5,7,9,16H,2-3,6H2. The van der Waals surface area contributed by atoms with Gasteiger partial charge in [-0.25, -0.2) is 4.98 Å². The number of halogens is 2. The molecular weight excluding hydrogens is 332 g/mol. The highest BCUT2D eigenvalue weighted by molar-refractivity contribution is 9.10. The summed E-state index contributed by atoms with van der Waals surface area (Å²) in [7, 11) is 0. The van der Waals surface area contributed by atoms with Crippen molar-refractivity contribution >= 4 is 38.9 Å². The van der Waals surface area contributed by atoms with Crippen LogP contribution in [0.4, 0.5) is 0 Å². The quantitative estimate of drug-likeness (QED) is 0.885. The molecule has 3 rings (SSSR count).